The first-order valence-corrected chi connectivity index (χ1v) is 6.84. The van der Waals surface area contributed by atoms with E-state index in [4.69, 9.17) is 9.47 Å². The van der Waals surface area contributed by atoms with Gasteiger partial charge in [-0.2, -0.15) is 0 Å². The molecule has 0 radical (unpaired) electrons. The number of carbonyl (C=O) groups excluding carboxylic acids is 1. The predicted molar refractivity (Wildman–Crippen MR) is 77.9 cm³/mol. The van der Waals surface area contributed by atoms with Crippen LogP contribution >= 0.6 is 0 Å². The van der Waals surface area contributed by atoms with Gasteiger partial charge in [0.2, 0.25) is 0 Å². The molecule has 0 saturated carbocycles. The first-order chi connectivity index (χ1) is 10.2. The molecular weight excluding hydrogens is 270 g/mol. The Kier molecular flexibility index (Phi) is 3.98. The molecule has 0 aliphatic carbocycles. The van der Waals surface area contributed by atoms with Crippen molar-refractivity contribution < 1.29 is 14.3 Å². The molecule has 110 valence electrons. The molecule has 3 rings (SSSR count). The highest BCUT2D eigenvalue weighted by molar-refractivity contribution is 5.94. The molecule has 1 aliphatic rings. The summed E-state index contributed by atoms with van der Waals surface area (Å²) < 4.78 is 10.6. The number of imidazole rings is 1. The SMILES string of the molecule is Cc1cnc(-c2ccc(NC(=O)C3COCCO3)cc2)[nH]1. The summed E-state index contributed by atoms with van der Waals surface area (Å²) in [5.74, 6) is 0.630. The lowest BCUT2D eigenvalue weighted by Crippen LogP contribution is -2.39. The molecule has 1 unspecified atom stereocenters. The van der Waals surface area contributed by atoms with E-state index in [0.29, 0.717) is 19.8 Å². The van der Waals surface area contributed by atoms with Crippen molar-refractivity contribution in [3.8, 4) is 11.4 Å². The molecular formula is C15H17N3O3. The Labute approximate surface area is 122 Å². The van der Waals surface area contributed by atoms with Gasteiger partial charge in [0.15, 0.2) is 6.10 Å². The van der Waals surface area contributed by atoms with Crippen molar-refractivity contribution in [3.05, 3.63) is 36.2 Å². The molecule has 1 aromatic carbocycles. The number of hydrogen-bond donors (Lipinski definition) is 2. The van der Waals surface area contributed by atoms with Gasteiger partial charge in [0.25, 0.3) is 5.91 Å². The Morgan fingerprint density at radius 3 is 2.76 bits per heavy atom. The van der Waals surface area contributed by atoms with Crippen LogP contribution in [0, 0.1) is 6.92 Å². The number of rotatable bonds is 3. The fourth-order valence-corrected chi connectivity index (χ4v) is 2.13. The van der Waals surface area contributed by atoms with Gasteiger partial charge in [0, 0.05) is 23.1 Å². The minimum atomic E-state index is -0.536. The maximum atomic E-state index is 12.0. The monoisotopic (exact) mass is 287 g/mol. The van der Waals surface area contributed by atoms with E-state index in [1.54, 1.807) is 6.20 Å². The largest absolute Gasteiger partial charge is 0.376 e. The Morgan fingerprint density at radius 2 is 2.14 bits per heavy atom. The van der Waals surface area contributed by atoms with Crippen LogP contribution < -0.4 is 5.32 Å². The molecule has 1 aromatic heterocycles. The molecule has 1 amide bonds. The Balaban J connectivity index is 1.65. The summed E-state index contributed by atoms with van der Waals surface area (Å²) >= 11 is 0. The van der Waals surface area contributed by atoms with Crippen LogP contribution in [-0.4, -0.2) is 41.8 Å². The van der Waals surface area contributed by atoms with Crippen molar-refractivity contribution >= 4 is 11.6 Å². The van der Waals surface area contributed by atoms with Gasteiger partial charge >= 0.3 is 0 Å². The van der Waals surface area contributed by atoms with Crippen LogP contribution in [0.1, 0.15) is 5.69 Å². The zero-order valence-electron chi connectivity index (χ0n) is 11.8. The van der Waals surface area contributed by atoms with E-state index >= 15 is 0 Å². The van der Waals surface area contributed by atoms with Crippen molar-refractivity contribution in [2.45, 2.75) is 13.0 Å². The van der Waals surface area contributed by atoms with E-state index in [0.717, 1.165) is 22.8 Å². The number of ether oxygens (including phenoxy) is 2. The smallest absolute Gasteiger partial charge is 0.255 e. The molecule has 0 spiro atoms. The molecule has 1 fully saturated rings. The van der Waals surface area contributed by atoms with E-state index in [9.17, 15) is 4.79 Å². The van der Waals surface area contributed by atoms with Gasteiger partial charge in [-0.05, 0) is 31.2 Å². The average Bonchev–Trinajstić information content (AvgIpc) is 2.95. The van der Waals surface area contributed by atoms with Gasteiger partial charge in [0.1, 0.15) is 5.82 Å². The number of aromatic nitrogens is 2. The fraction of sp³-hybridized carbons (Fsp3) is 0.333. The first kappa shape index (κ1) is 13.8. The van der Waals surface area contributed by atoms with E-state index in [1.165, 1.54) is 0 Å². The zero-order chi connectivity index (χ0) is 14.7. The molecule has 1 aliphatic heterocycles. The topological polar surface area (TPSA) is 76.2 Å². The molecule has 6 heteroatoms. The highest BCUT2D eigenvalue weighted by Gasteiger charge is 2.22. The number of aryl methyl sites for hydroxylation is 1. The maximum Gasteiger partial charge on any atom is 0.255 e. The van der Waals surface area contributed by atoms with Gasteiger partial charge in [-0.1, -0.05) is 0 Å². The third-order valence-corrected chi connectivity index (χ3v) is 3.24. The Hall–Kier alpha value is -2.18. The standard InChI is InChI=1S/C15H17N3O3/c1-10-8-16-14(17-10)11-2-4-12(5-3-11)18-15(19)13-9-20-6-7-21-13/h2-5,8,13H,6-7,9H2,1H3,(H,16,17)(H,18,19). The summed E-state index contributed by atoms with van der Waals surface area (Å²) in [6.45, 7) is 3.25. The van der Waals surface area contributed by atoms with Crippen LogP contribution in [0.25, 0.3) is 11.4 Å². The lowest BCUT2D eigenvalue weighted by molar-refractivity contribution is -0.142. The second kappa shape index (κ2) is 6.07. The third kappa shape index (κ3) is 3.29. The molecule has 0 bridgehead atoms. The number of carbonyl (C=O) groups is 1. The Morgan fingerprint density at radius 1 is 1.33 bits per heavy atom. The second-order valence-corrected chi connectivity index (χ2v) is 4.92. The second-order valence-electron chi connectivity index (χ2n) is 4.92. The van der Waals surface area contributed by atoms with Crippen LogP contribution in [0.4, 0.5) is 5.69 Å². The van der Waals surface area contributed by atoms with Gasteiger partial charge in [-0.15, -0.1) is 0 Å². The van der Waals surface area contributed by atoms with Crippen molar-refractivity contribution in [3.63, 3.8) is 0 Å². The minimum absolute atomic E-state index is 0.184. The molecule has 1 atom stereocenters. The average molecular weight is 287 g/mol. The lowest BCUT2D eigenvalue weighted by Gasteiger charge is -2.22. The van der Waals surface area contributed by atoms with Crippen molar-refractivity contribution in [2.75, 3.05) is 25.1 Å². The maximum absolute atomic E-state index is 12.0. The number of benzene rings is 1. The van der Waals surface area contributed by atoms with Gasteiger partial charge < -0.3 is 19.8 Å². The number of hydrogen-bond acceptors (Lipinski definition) is 4. The predicted octanol–water partition coefficient (Wildman–Crippen LogP) is 1.74. The molecule has 2 heterocycles. The van der Waals surface area contributed by atoms with Gasteiger partial charge in [-0.25, -0.2) is 4.98 Å². The van der Waals surface area contributed by atoms with Gasteiger partial charge in [0.05, 0.1) is 19.8 Å². The first-order valence-electron chi connectivity index (χ1n) is 6.84. The third-order valence-electron chi connectivity index (χ3n) is 3.24. The lowest BCUT2D eigenvalue weighted by atomic mass is 10.2. The number of anilines is 1. The molecule has 21 heavy (non-hydrogen) atoms. The van der Waals surface area contributed by atoms with Crippen molar-refractivity contribution in [1.29, 1.82) is 0 Å². The summed E-state index contributed by atoms with van der Waals surface area (Å²) in [4.78, 5) is 19.4. The van der Waals surface area contributed by atoms with Crippen LogP contribution in [0.5, 0.6) is 0 Å². The minimum Gasteiger partial charge on any atom is -0.376 e. The summed E-state index contributed by atoms with van der Waals surface area (Å²) in [6, 6.07) is 7.50. The van der Waals surface area contributed by atoms with E-state index < -0.39 is 6.10 Å². The normalized spacial score (nSPS) is 18.4. The number of aromatic amines is 1. The molecule has 2 N–H and O–H groups in total. The molecule has 2 aromatic rings. The van der Waals surface area contributed by atoms with Crippen LogP contribution in [-0.2, 0) is 14.3 Å². The fourth-order valence-electron chi connectivity index (χ4n) is 2.13. The summed E-state index contributed by atoms with van der Waals surface area (Å²) in [7, 11) is 0. The van der Waals surface area contributed by atoms with Crippen LogP contribution in [0.2, 0.25) is 0 Å². The van der Waals surface area contributed by atoms with Crippen LogP contribution in [0.15, 0.2) is 30.5 Å². The summed E-state index contributed by atoms with van der Waals surface area (Å²) in [5, 5.41) is 2.82. The van der Waals surface area contributed by atoms with Crippen molar-refractivity contribution in [2.24, 2.45) is 0 Å². The summed E-state index contributed by atoms with van der Waals surface area (Å²) in [5.41, 5.74) is 2.70. The molecule has 6 nitrogen and oxygen atoms in total. The zero-order valence-corrected chi connectivity index (χ0v) is 11.8. The van der Waals surface area contributed by atoms with Gasteiger partial charge in [-0.3, -0.25) is 4.79 Å². The highest BCUT2D eigenvalue weighted by atomic mass is 16.6. The van der Waals surface area contributed by atoms with E-state index in [-0.39, 0.29) is 5.91 Å². The number of nitrogens with one attached hydrogen (secondary N) is 2. The number of H-pyrrole nitrogens is 1. The highest BCUT2D eigenvalue weighted by Crippen LogP contribution is 2.19. The van der Waals surface area contributed by atoms with E-state index in [1.807, 2.05) is 31.2 Å². The summed E-state index contributed by atoms with van der Waals surface area (Å²) in [6.07, 6.45) is 1.25. The Bertz CT molecular complexity index is 615. The number of nitrogens with zero attached hydrogens (tertiary/aromatic N) is 1. The quantitative estimate of drug-likeness (QED) is 0.901. The van der Waals surface area contributed by atoms with Crippen molar-refractivity contribution in [1.82, 2.24) is 9.97 Å². The van der Waals surface area contributed by atoms with Crippen LogP contribution in [0.3, 0.4) is 0 Å². The van der Waals surface area contributed by atoms with E-state index in [2.05, 4.69) is 15.3 Å². The molecule has 1 saturated heterocycles. The number of amides is 1.